The molecule has 0 N–H and O–H groups in total. The molecule has 0 radical (unpaired) electrons. The number of amides is 1. The van der Waals surface area contributed by atoms with E-state index in [2.05, 4.69) is 0 Å². The highest BCUT2D eigenvalue weighted by molar-refractivity contribution is 6.37. The van der Waals surface area contributed by atoms with Gasteiger partial charge < -0.3 is 9.64 Å². The minimum atomic E-state index is -0.984. The summed E-state index contributed by atoms with van der Waals surface area (Å²) >= 11 is 0. The summed E-state index contributed by atoms with van der Waals surface area (Å²) < 4.78 is 5.15. The van der Waals surface area contributed by atoms with Gasteiger partial charge in [-0.2, -0.15) is 0 Å². The standard InChI is InChI=1S/C30H29NO4/c1-30(2,3)35-29(34)27(32)18-28(33)31(19-21-12-14-23-8-4-6-10-25(23)16-21)20-22-13-15-24-9-5-7-11-26(24)17-22/h4-17H,18-20H2,1-3H3. The van der Waals surface area contributed by atoms with Crippen LogP contribution in [0.5, 0.6) is 0 Å². The van der Waals surface area contributed by atoms with Crippen LogP contribution < -0.4 is 0 Å². The lowest BCUT2D eigenvalue weighted by molar-refractivity contribution is -0.163. The average Bonchev–Trinajstić information content (AvgIpc) is 2.82. The van der Waals surface area contributed by atoms with Gasteiger partial charge >= 0.3 is 5.97 Å². The Morgan fingerprint density at radius 2 is 1.14 bits per heavy atom. The Bertz CT molecular complexity index is 1320. The van der Waals surface area contributed by atoms with E-state index in [4.69, 9.17) is 4.74 Å². The van der Waals surface area contributed by atoms with Gasteiger partial charge in [-0.15, -0.1) is 0 Å². The van der Waals surface area contributed by atoms with Crippen molar-refractivity contribution in [1.29, 1.82) is 0 Å². The molecule has 0 aliphatic heterocycles. The van der Waals surface area contributed by atoms with Crippen LogP contribution in [0.15, 0.2) is 84.9 Å². The zero-order valence-electron chi connectivity index (χ0n) is 20.3. The number of benzene rings is 4. The van der Waals surface area contributed by atoms with Crippen molar-refractivity contribution < 1.29 is 19.1 Å². The quantitative estimate of drug-likeness (QED) is 0.195. The summed E-state index contributed by atoms with van der Waals surface area (Å²) in [6.07, 6.45) is -0.532. The molecule has 35 heavy (non-hydrogen) atoms. The van der Waals surface area contributed by atoms with E-state index in [0.29, 0.717) is 13.1 Å². The number of ether oxygens (including phenoxy) is 1. The molecule has 0 saturated heterocycles. The Balaban J connectivity index is 1.58. The number of Topliss-reactive ketones (excluding diaryl/α,β-unsaturated/α-hetero) is 1. The third-order valence-electron chi connectivity index (χ3n) is 5.67. The van der Waals surface area contributed by atoms with Crippen molar-refractivity contribution in [1.82, 2.24) is 4.90 Å². The largest absolute Gasteiger partial charge is 0.454 e. The van der Waals surface area contributed by atoms with E-state index in [1.54, 1.807) is 25.7 Å². The van der Waals surface area contributed by atoms with Gasteiger partial charge in [0.05, 0.1) is 6.42 Å². The van der Waals surface area contributed by atoms with E-state index >= 15 is 0 Å². The van der Waals surface area contributed by atoms with E-state index in [9.17, 15) is 14.4 Å². The first-order chi connectivity index (χ1) is 16.7. The minimum absolute atomic E-state index is 0.318. The first kappa shape index (κ1) is 24.1. The van der Waals surface area contributed by atoms with Crippen molar-refractivity contribution >= 4 is 39.2 Å². The molecular formula is C30H29NO4. The van der Waals surface area contributed by atoms with Crippen molar-refractivity contribution in [2.24, 2.45) is 0 Å². The van der Waals surface area contributed by atoms with E-state index in [1.165, 1.54) is 0 Å². The predicted molar refractivity (Wildman–Crippen MR) is 138 cm³/mol. The summed E-state index contributed by atoms with van der Waals surface area (Å²) in [5.74, 6) is -2.24. The highest BCUT2D eigenvalue weighted by Gasteiger charge is 2.27. The molecule has 4 rings (SSSR count). The molecule has 5 nitrogen and oxygen atoms in total. The van der Waals surface area contributed by atoms with Crippen LogP contribution in [0.25, 0.3) is 21.5 Å². The van der Waals surface area contributed by atoms with Crippen LogP contribution >= 0.6 is 0 Å². The maximum absolute atomic E-state index is 13.3. The lowest BCUT2D eigenvalue weighted by atomic mass is 10.0. The molecule has 0 unspecified atom stereocenters. The molecule has 0 aliphatic rings. The maximum Gasteiger partial charge on any atom is 0.375 e. The van der Waals surface area contributed by atoms with Gasteiger partial charge in [-0.3, -0.25) is 9.59 Å². The summed E-state index contributed by atoms with van der Waals surface area (Å²) in [5.41, 5.74) is 1.09. The molecule has 5 heteroatoms. The molecule has 178 valence electrons. The molecule has 4 aromatic carbocycles. The van der Waals surface area contributed by atoms with Gasteiger partial charge in [0.1, 0.15) is 5.60 Å². The molecule has 0 aliphatic carbocycles. The Morgan fingerprint density at radius 1 is 0.686 bits per heavy atom. The molecule has 4 aromatic rings. The lowest BCUT2D eigenvalue weighted by Gasteiger charge is -2.24. The van der Waals surface area contributed by atoms with Gasteiger partial charge in [-0.1, -0.05) is 72.8 Å². The van der Waals surface area contributed by atoms with Gasteiger partial charge in [-0.05, 0) is 65.6 Å². The number of rotatable bonds is 7. The smallest absolute Gasteiger partial charge is 0.375 e. The molecule has 0 atom stereocenters. The third kappa shape index (κ3) is 6.33. The Labute approximate surface area is 205 Å². The number of esters is 1. The zero-order chi connectivity index (χ0) is 25.0. The number of ketones is 1. The summed E-state index contributed by atoms with van der Waals surface area (Å²) in [6.45, 7) is 5.69. The summed E-state index contributed by atoms with van der Waals surface area (Å²) in [6, 6.07) is 28.2. The van der Waals surface area contributed by atoms with Crippen LogP contribution in [-0.4, -0.2) is 28.2 Å². The van der Waals surface area contributed by atoms with Gasteiger partial charge in [0.2, 0.25) is 11.7 Å². The number of carbonyl (C=O) groups is 3. The fraction of sp³-hybridized carbons (Fsp3) is 0.233. The topological polar surface area (TPSA) is 63.7 Å². The van der Waals surface area contributed by atoms with Gasteiger partial charge in [0.25, 0.3) is 0 Å². The normalized spacial score (nSPS) is 11.4. The zero-order valence-corrected chi connectivity index (χ0v) is 20.3. The van der Waals surface area contributed by atoms with E-state index in [-0.39, 0.29) is 0 Å². The van der Waals surface area contributed by atoms with Gasteiger partial charge in [-0.25, -0.2) is 4.79 Å². The lowest BCUT2D eigenvalue weighted by Crippen LogP contribution is -2.35. The fourth-order valence-electron chi connectivity index (χ4n) is 4.00. The first-order valence-corrected chi connectivity index (χ1v) is 11.7. The molecule has 0 aromatic heterocycles. The molecule has 0 saturated carbocycles. The number of hydrogen-bond donors (Lipinski definition) is 0. The SMILES string of the molecule is CC(C)(C)OC(=O)C(=O)CC(=O)N(Cc1ccc2ccccc2c1)Cc1ccc2ccccc2c1. The van der Waals surface area contributed by atoms with Crippen LogP contribution in [0, 0.1) is 0 Å². The van der Waals surface area contributed by atoms with Crippen molar-refractivity contribution in [2.75, 3.05) is 0 Å². The fourth-order valence-corrected chi connectivity index (χ4v) is 4.00. The second-order valence-corrected chi connectivity index (χ2v) is 9.71. The maximum atomic E-state index is 13.3. The van der Waals surface area contributed by atoms with Crippen molar-refractivity contribution in [3.05, 3.63) is 96.1 Å². The highest BCUT2D eigenvalue weighted by Crippen LogP contribution is 2.21. The summed E-state index contributed by atoms with van der Waals surface area (Å²) in [4.78, 5) is 39.5. The van der Waals surface area contributed by atoms with Gasteiger partial charge in [0, 0.05) is 13.1 Å². The summed E-state index contributed by atoms with van der Waals surface area (Å²) in [7, 11) is 0. The predicted octanol–water partition coefficient (Wildman–Crippen LogP) is 5.82. The molecule has 0 heterocycles. The van der Waals surface area contributed by atoms with Crippen LogP contribution in [0.1, 0.15) is 38.3 Å². The third-order valence-corrected chi connectivity index (χ3v) is 5.67. The van der Waals surface area contributed by atoms with Gasteiger partial charge in [0.15, 0.2) is 0 Å². The second-order valence-electron chi connectivity index (χ2n) is 9.71. The Morgan fingerprint density at radius 3 is 1.60 bits per heavy atom. The van der Waals surface area contributed by atoms with Crippen LogP contribution in [0.4, 0.5) is 0 Å². The second kappa shape index (κ2) is 10.1. The first-order valence-electron chi connectivity index (χ1n) is 11.7. The van der Waals surface area contributed by atoms with E-state index in [0.717, 1.165) is 32.7 Å². The number of fused-ring (bicyclic) bond motifs is 2. The van der Waals surface area contributed by atoms with Crippen LogP contribution in [0.2, 0.25) is 0 Å². The Kier molecular flexibility index (Phi) is 6.97. The molecule has 0 fully saturated rings. The van der Waals surface area contributed by atoms with E-state index < -0.39 is 29.7 Å². The highest BCUT2D eigenvalue weighted by atomic mass is 16.6. The monoisotopic (exact) mass is 467 g/mol. The molecule has 0 spiro atoms. The van der Waals surface area contributed by atoms with Crippen LogP contribution in [0.3, 0.4) is 0 Å². The number of carbonyl (C=O) groups excluding carboxylic acids is 3. The van der Waals surface area contributed by atoms with E-state index in [1.807, 2.05) is 84.9 Å². The number of hydrogen-bond acceptors (Lipinski definition) is 4. The average molecular weight is 468 g/mol. The van der Waals surface area contributed by atoms with Crippen LogP contribution in [-0.2, 0) is 32.2 Å². The Hall–Kier alpha value is -3.99. The molecule has 0 bridgehead atoms. The van der Waals surface area contributed by atoms with Crippen molar-refractivity contribution in [2.45, 2.75) is 45.9 Å². The number of nitrogens with zero attached hydrogens (tertiary/aromatic N) is 1. The van der Waals surface area contributed by atoms with Crippen molar-refractivity contribution in [3.8, 4) is 0 Å². The minimum Gasteiger partial charge on any atom is -0.454 e. The summed E-state index contributed by atoms with van der Waals surface area (Å²) in [5, 5.41) is 4.38. The van der Waals surface area contributed by atoms with Crippen molar-refractivity contribution in [3.63, 3.8) is 0 Å². The molecule has 1 amide bonds. The molecular weight excluding hydrogens is 438 g/mol.